The van der Waals surface area contributed by atoms with Crippen molar-refractivity contribution in [1.29, 1.82) is 0 Å². The second-order valence-electron chi connectivity index (χ2n) is 6.91. The fraction of sp³-hybridized carbons (Fsp3) is 0.400. The lowest BCUT2D eigenvalue weighted by molar-refractivity contribution is -0.121. The van der Waals surface area contributed by atoms with Crippen molar-refractivity contribution in [2.75, 3.05) is 0 Å². The first kappa shape index (κ1) is 19.8. The molecule has 0 bridgehead atoms. The third-order valence-electron chi connectivity index (χ3n) is 4.88. The molecule has 4 aromatic heterocycles. The van der Waals surface area contributed by atoms with Crippen LogP contribution >= 0.6 is 22.7 Å². The zero-order valence-electron chi connectivity index (χ0n) is 16.3. The summed E-state index contributed by atoms with van der Waals surface area (Å²) in [5.41, 5.74) is 0.812. The molecule has 0 fully saturated rings. The van der Waals surface area contributed by atoms with Gasteiger partial charge in [0, 0.05) is 24.3 Å². The standard InChI is InChI=1S/C20H23N5O2S2/c1-2-3-4-10-24-19(27)18-15(9-12-29-18)25-16(22-23-20(24)25)7-8-17(26)21-13-14-6-5-11-28-14/h5-6,9,11-12H,2-4,7-8,10,13H2,1H3,(H,21,26). The fourth-order valence-corrected chi connectivity index (χ4v) is 4.85. The molecule has 0 aliphatic carbocycles. The zero-order valence-corrected chi connectivity index (χ0v) is 17.9. The van der Waals surface area contributed by atoms with Crippen molar-refractivity contribution in [3.63, 3.8) is 0 Å². The predicted molar refractivity (Wildman–Crippen MR) is 117 cm³/mol. The predicted octanol–water partition coefficient (Wildman–Crippen LogP) is 3.61. The van der Waals surface area contributed by atoms with E-state index in [1.165, 1.54) is 11.3 Å². The molecule has 9 heteroatoms. The smallest absolute Gasteiger partial charge is 0.272 e. The summed E-state index contributed by atoms with van der Waals surface area (Å²) < 4.78 is 4.37. The maximum atomic E-state index is 12.9. The first-order valence-electron chi connectivity index (χ1n) is 9.82. The molecule has 7 nitrogen and oxygen atoms in total. The Balaban J connectivity index is 1.57. The number of carbonyl (C=O) groups is 1. The number of nitrogens with zero attached hydrogens (tertiary/aromatic N) is 4. The van der Waals surface area contributed by atoms with E-state index in [0.717, 1.165) is 29.7 Å². The lowest BCUT2D eigenvalue weighted by atomic mass is 10.2. The average Bonchev–Trinajstić information content (AvgIpc) is 3.47. The molecule has 0 aromatic carbocycles. The van der Waals surface area contributed by atoms with Crippen molar-refractivity contribution < 1.29 is 4.79 Å². The van der Waals surface area contributed by atoms with Crippen molar-refractivity contribution in [3.8, 4) is 0 Å². The Bertz CT molecular complexity index is 1170. The molecule has 1 N–H and O–H groups in total. The molecule has 29 heavy (non-hydrogen) atoms. The number of aryl methyl sites for hydroxylation is 2. The highest BCUT2D eigenvalue weighted by atomic mass is 32.1. The van der Waals surface area contributed by atoms with Crippen molar-refractivity contribution in [2.45, 2.75) is 52.1 Å². The Morgan fingerprint density at radius 2 is 2.07 bits per heavy atom. The number of thiophene rings is 2. The van der Waals surface area contributed by atoms with Crippen LogP contribution in [0.4, 0.5) is 0 Å². The van der Waals surface area contributed by atoms with E-state index in [1.54, 1.807) is 15.9 Å². The Morgan fingerprint density at radius 3 is 2.86 bits per heavy atom. The molecule has 0 aliphatic heterocycles. The highest BCUT2D eigenvalue weighted by Crippen LogP contribution is 2.20. The molecule has 0 aliphatic rings. The highest BCUT2D eigenvalue weighted by molar-refractivity contribution is 7.17. The SMILES string of the molecule is CCCCCn1c(=O)c2sccc2n2c(CCC(=O)NCc3cccs3)nnc12. The summed E-state index contributed by atoms with van der Waals surface area (Å²) >= 11 is 3.06. The van der Waals surface area contributed by atoms with Gasteiger partial charge >= 0.3 is 0 Å². The minimum absolute atomic E-state index is 0.00811. The number of hydrogen-bond acceptors (Lipinski definition) is 6. The second-order valence-corrected chi connectivity index (χ2v) is 8.85. The molecule has 0 saturated heterocycles. The van der Waals surface area contributed by atoms with E-state index in [1.807, 2.05) is 33.4 Å². The number of nitrogens with one attached hydrogen (secondary N) is 1. The molecular weight excluding hydrogens is 406 g/mol. The maximum Gasteiger partial charge on any atom is 0.272 e. The number of rotatable bonds is 9. The van der Waals surface area contributed by atoms with Gasteiger partial charge in [-0.15, -0.1) is 32.9 Å². The summed E-state index contributed by atoms with van der Waals surface area (Å²) in [6.07, 6.45) is 3.87. The van der Waals surface area contributed by atoms with Crippen molar-refractivity contribution in [3.05, 3.63) is 50.0 Å². The summed E-state index contributed by atoms with van der Waals surface area (Å²) in [5, 5.41) is 15.5. The summed E-state index contributed by atoms with van der Waals surface area (Å²) in [4.78, 5) is 26.3. The van der Waals surface area contributed by atoms with E-state index in [4.69, 9.17) is 0 Å². The van der Waals surface area contributed by atoms with E-state index < -0.39 is 0 Å². The van der Waals surface area contributed by atoms with Crippen molar-refractivity contribution >= 4 is 44.6 Å². The molecule has 1 amide bonds. The number of amides is 1. The largest absolute Gasteiger partial charge is 0.351 e. The van der Waals surface area contributed by atoms with Crippen molar-refractivity contribution in [1.82, 2.24) is 24.5 Å². The van der Waals surface area contributed by atoms with Gasteiger partial charge in [0.25, 0.3) is 5.56 Å². The summed E-state index contributed by atoms with van der Waals surface area (Å²) in [7, 11) is 0. The Labute approximate surface area is 176 Å². The van der Waals surface area contributed by atoms with Gasteiger partial charge in [0.1, 0.15) is 10.5 Å². The molecule has 152 valence electrons. The van der Waals surface area contributed by atoms with E-state index in [-0.39, 0.29) is 11.5 Å². The number of carbonyl (C=O) groups excluding carboxylic acids is 1. The second kappa shape index (κ2) is 8.87. The lowest BCUT2D eigenvalue weighted by Gasteiger charge is -2.09. The van der Waals surface area contributed by atoms with Crippen LogP contribution in [0.1, 0.15) is 43.3 Å². The Kier molecular flexibility index (Phi) is 6.05. The van der Waals surface area contributed by atoms with Crippen LogP contribution in [0, 0.1) is 0 Å². The normalized spacial score (nSPS) is 11.5. The van der Waals surface area contributed by atoms with E-state index >= 15 is 0 Å². The first-order valence-corrected chi connectivity index (χ1v) is 11.6. The van der Waals surface area contributed by atoms with E-state index in [2.05, 4.69) is 22.4 Å². The van der Waals surface area contributed by atoms with Crippen LogP contribution in [0.15, 0.2) is 33.8 Å². The number of unbranched alkanes of at least 4 members (excludes halogenated alkanes) is 2. The van der Waals surface area contributed by atoms with Crippen LogP contribution in [0.3, 0.4) is 0 Å². The monoisotopic (exact) mass is 429 g/mol. The first-order chi connectivity index (χ1) is 14.2. The third-order valence-corrected chi connectivity index (χ3v) is 6.65. The van der Waals surface area contributed by atoms with Crippen molar-refractivity contribution in [2.24, 2.45) is 0 Å². The van der Waals surface area contributed by atoms with Gasteiger partial charge in [-0.3, -0.25) is 18.6 Å². The molecule has 4 rings (SSSR count). The molecule has 0 spiro atoms. The van der Waals surface area contributed by atoms with E-state index in [0.29, 0.717) is 42.2 Å². The Morgan fingerprint density at radius 1 is 1.17 bits per heavy atom. The summed E-state index contributed by atoms with van der Waals surface area (Å²) in [5.74, 6) is 1.25. The summed E-state index contributed by atoms with van der Waals surface area (Å²) in [6, 6.07) is 5.90. The topological polar surface area (TPSA) is 81.3 Å². The lowest BCUT2D eigenvalue weighted by Crippen LogP contribution is -2.24. The molecule has 0 radical (unpaired) electrons. The van der Waals surface area contributed by atoms with Gasteiger partial charge in [-0.05, 0) is 29.3 Å². The summed E-state index contributed by atoms with van der Waals surface area (Å²) in [6.45, 7) is 3.31. The highest BCUT2D eigenvalue weighted by Gasteiger charge is 2.17. The van der Waals surface area contributed by atoms with Crippen LogP contribution in [-0.4, -0.2) is 25.1 Å². The molecule has 0 atom stereocenters. The molecule has 0 unspecified atom stereocenters. The van der Waals surface area contributed by atoms with Gasteiger partial charge in [0.2, 0.25) is 11.7 Å². The molecular formula is C20H23N5O2S2. The van der Waals surface area contributed by atoms with Gasteiger partial charge < -0.3 is 5.32 Å². The van der Waals surface area contributed by atoms with Crippen LogP contribution < -0.4 is 10.9 Å². The Hall–Kier alpha value is -2.52. The van der Waals surface area contributed by atoms with Gasteiger partial charge in [0.05, 0.1) is 12.1 Å². The average molecular weight is 430 g/mol. The number of hydrogen-bond donors (Lipinski definition) is 1. The maximum absolute atomic E-state index is 12.9. The minimum atomic E-state index is -0.0204. The van der Waals surface area contributed by atoms with Gasteiger partial charge in [-0.25, -0.2) is 0 Å². The third kappa shape index (κ3) is 4.11. The van der Waals surface area contributed by atoms with Gasteiger partial charge in [-0.2, -0.15) is 0 Å². The molecule has 4 heterocycles. The molecule has 4 aromatic rings. The zero-order chi connectivity index (χ0) is 20.2. The molecule has 0 saturated carbocycles. The van der Waals surface area contributed by atoms with Gasteiger partial charge in [0.15, 0.2) is 0 Å². The minimum Gasteiger partial charge on any atom is -0.351 e. The van der Waals surface area contributed by atoms with Crippen LogP contribution in [-0.2, 0) is 24.3 Å². The quantitative estimate of drug-likeness (QED) is 0.412. The van der Waals surface area contributed by atoms with E-state index in [9.17, 15) is 9.59 Å². The number of aromatic nitrogens is 4. The van der Waals surface area contributed by atoms with Crippen LogP contribution in [0.2, 0.25) is 0 Å². The fourth-order valence-electron chi connectivity index (χ4n) is 3.38. The van der Waals surface area contributed by atoms with Crippen LogP contribution in [0.25, 0.3) is 16.0 Å². The van der Waals surface area contributed by atoms with Gasteiger partial charge in [-0.1, -0.05) is 25.8 Å². The number of fused-ring (bicyclic) bond motifs is 3. The van der Waals surface area contributed by atoms with Crippen LogP contribution in [0.5, 0.6) is 0 Å².